The molecule has 0 spiro atoms. The Morgan fingerprint density at radius 3 is 2.78 bits per heavy atom. The monoisotopic (exact) mass is 330 g/mol. The highest BCUT2D eigenvalue weighted by Gasteiger charge is 2.20. The van der Waals surface area contributed by atoms with Gasteiger partial charge >= 0.3 is 5.97 Å². The van der Waals surface area contributed by atoms with Gasteiger partial charge < -0.3 is 14.8 Å². The molecule has 0 bridgehead atoms. The van der Waals surface area contributed by atoms with Gasteiger partial charge in [-0.25, -0.2) is 4.79 Å². The third-order valence-corrected chi connectivity index (χ3v) is 3.38. The lowest BCUT2D eigenvalue weighted by atomic mass is 10.2. The van der Waals surface area contributed by atoms with E-state index in [9.17, 15) is 9.59 Å². The van der Waals surface area contributed by atoms with Crippen LogP contribution in [0.1, 0.15) is 26.6 Å². The summed E-state index contributed by atoms with van der Waals surface area (Å²) in [6.45, 7) is 1.57. The number of aromatic nitrogens is 1. The third-order valence-electron chi connectivity index (χ3n) is 2.10. The maximum Gasteiger partial charge on any atom is 0.340 e. The van der Waals surface area contributed by atoms with Crippen molar-refractivity contribution >= 4 is 44.3 Å². The van der Waals surface area contributed by atoms with E-state index in [1.807, 2.05) is 0 Å². The van der Waals surface area contributed by atoms with Gasteiger partial charge in [0, 0.05) is 0 Å². The van der Waals surface area contributed by atoms with Gasteiger partial charge in [-0.3, -0.25) is 4.79 Å². The summed E-state index contributed by atoms with van der Waals surface area (Å²) in [5, 5.41) is 11.7. The molecular weight excluding hydrogens is 324 g/mol. The minimum atomic E-state index is -1.13. The van der Waals surface area contributed by atoms with Crippen LogP contribution in [0.3, 0.4) is 0 Å². The Kier molecular flexibility index (Phi) is 3.48. The van der Waals surface area contributed by atoms with Crippen LogP contribution in [-0.2, 0) is 0 Å². The van der Waals surface area contributed by atoms with Gasteiger partial charge in [-0.1, -0.05) is 0 Å². The molecule has 0 fully saturated rings. The molecule has 2 rings (SSSR count). The Balaban J connectivity index is 2.25. The van der Waals surface area contributed by atoms with Crippen molar-refractivity contribution in [2.75, 3.05) is 5.32 Å². The molecule has 6 nitrogen and oxygen atoms in total. The van der Waals surface area contributed by atoms with Crippen molar-refractivity contribution in [2.24, 2.45) is 0 Å². The van der Waals surface area contributed by atoms with Crippen molar-refractivity contribution in [3.05, 3.63) is 33.8 Å². The summed E-state index contributed by atoms with van der Waals surface area (Å²) in [5.74, 6) is -1.56. The first-order valence-electron chi connectivity index (χ1n) is 4.75. The zero-order chi connectivity index (χ0) is 13.3. The van der Waals surface area contributed by atoms with Crippen LogP contribution in [0.4, 0.5) is 5.00 Å². The van der Waals surface area contributed by atoms with Crippen molar-refractivity contribution in [1.29, 1.82) is 0 Å². The molecule has 0 saturated heterocycles. The molecule has 94 valence electrons. The van der Waals surface area contributed by atoms with Crippen molar-refractivity contribution in [1.82, 2.24) is 4.37 Å². The van der Waals surface area contributed by atoms with Crippen LogP contribution in [0.5, 0.6) is 0 Å². The van der Waals surface area contributed by atoms with Gasteiger partial charge in [0.15, 0.2) is 10.4 Å². The fourth-order valence-corrected chi connectivity index (χ4v) is 2.40. The van der Waals surface area contributed by atoms with Gasteiger partial charge in [0.25, 0.3) is 5.91 Å². The molecule has 2 aromatic rings. The summed E-state index contributed by atoms with van der Waals surface area (Å²) in [4.78, 5) is 22.8. The summed E-state index contributed by atoms with van der Waals surface area (Å²) in [7, 11) is 0. The van der Waals surface area contributed by atoms with Crippen molar-refractivity contribution < 1.29 is 19.1 Å². The van der Waals surface area contributed by atoms with E-state index in [2.05, 4.69) is 25.6 Å². The smallest absolute Gasteiger partial charge is 0.340 e. The zero-order valence-corrected chi connectivity index (χ0v) is 11.5. The van der Waals surface area contributed by atoms with E-state index in [0.717, 1.165) is 11.5 Å². The summed E-state index contributed by atoms with van der Waals surface area (Å²) in [5.41, 5.74) is 0.363. The number of rotatable bonds is 3. The van der Waals surface area contributed by atoms with E-state index < -0.39 is 11.9 Å². The first-order chi connectivity index (χ1) is 8.49. The average molecular weight is 331 g/mol. The minimum absolute atomic E-state index is 0.000952. The Morgan fingerprint density at radius 2 is 2.22 bits per heavy atom. The lowest BCUT2D eigenvalue weighted by Gasteiger charge is -2.00. The summed E-state index contributed by atoms with van der Waals surface area (Å²) < 4.78 is 9.38. The number of hydrogen-bond donors (Lipinski definition) is 2. The summed E-state index contributed by atoms with van der Waals surface area (Å²) in [6, 6.07) is 3.05. The highest BCUT2D eigenvalue weighted by atomic mass is 79.9. The second-order valence-electron chi connectivity index (χ2n) is 3.34. The molecule has 2 heterocycles. The average Bonchev–Trinajstić information content (AvgIpc) is 2.85. The highest BCUT2D eigenvalue weighted by Crippen LogP contribution is 2.25. The number of nitrogens with one attached hydrogen (secondary N) is 1. The SMILES string of the molecule is Cc1nsc(NC(=O)c2ccc(Br)o2)c1C(=O)O. The van der Waals surface area contributed by atoms with E-state index in [1.165, 1.54) is 6.07 Å². The Morgan fingerprint density at radius 1 is 1.50 bits per heavy atom. The highest BCUT2D eigenvalue weighted by molar-refractivity contribution is 9.10. The molecule has 1 amide bonds. The van der Waals surface area contributed by atoms with Gasteiger partial charge in [-0.15, -0.1) is 0 Å². The molecule has 0 aliphatic rings. The minimum Gasteiger partial charge on any atom is -0.478 e. The Labute approximate surface area is 114 Å². The van der Waals surface area contributed by atoms with Crippen LogP contribution in [-0.4, -0.2) is 21.4 Å². The van der Waals surface area contributed by atoms with E-state index >= 15 is 0 Å². The maximum atomic E-state index is 11.8. The quantitative estimate of drug-likeness (QED) is 0.902. The number of halogens is 1. The first kappa shape index (κ1) is 12.8. The predicted molar refractivity (Wildman–Crippen MR) is 68.2 cm³/mol. The molecule has 0 unspecified atom stereocenters. The van der Waals surface area contributed by atoms with Crippen LogP contribution in [0, 0.1) is 6.92 Å². The fourth-order valence-electron chi connectivity index (χ4n) is 1.31. The van der Waals surface area contributed by atoms with Crippen LogP contribution in [0.2, 0.25) is 0 Å². The number of carbonyl (C=O) groups is 2. The maximum absolute atomic E-state index is 11.8. The molecule has 0 aromatic carbocycles. The lowest BCUT2D eigenvalue weighted by Crippen LogP contribution is -2.12. The van der Waals surface area contributed by atoms with Crippen LogP contribution >= 0.6 is 27.5 Å². The summed E-state index contributed by atoms with van der Waals surface area (Å²) in [6.07, 6.45) is 0. The number of aromatic carboxylic acids is 1. The van der Waals surface area contributed by atoms with Crippen LogP contribution in [0.25, 0.3) is 0 Å². The number of nitrogens with zero attached hydrogens (tertiary/aromatic N) is 1. The topological polar surface area (TPSA) is 92.4 Å². The number of carboxylic acids is 1. The molecular formula is C10H7BrN2O4S. The molecule has 18 heavy (non-hydrogen) atoms. The largest absolute Gasteiger partial charge is 0.478 e. The second kappa shape index (κ2) is 4.91. The van der Waals surface area contributed by atoms with E-state index in [0.29, 0.717) is 10.4 Å². The van der Waals surface area contributed by atoms with Crippen LogP contribution in [0.15, 0.2) is 21.2 Å². The molecule has 8 heteroatoms. The molecule has 2 aromatic heterocycles. The van der Waals surface area contributed by atoms with E-state index in [4.69, 9.17) is 9.52 Å². The zero-order valence-electron chi connectivity index (χ0n) is 9.06. The molecule has 2 N–H and O–H groups in total. The number of hydrogen-bond acceptors (Lipinski definition) is 5. The number of amides is 1. The normalized spacial score (nSPS) is 10.3. The second-order valence-corrected chi connectivity index (χ2v) is 4.89. The fraction of sp³-hybridized carbons (Fsp3) is 0.100. The van der Waals surface area contributed by atoms with Crippen molar-refractivity contribution in [2.45, 2.75) is 6.92 Å². The van der Waals surface area contributed by atoms with Gasteiger partial charge in [-0.05, 0) is 46.5 Å². The number of carboxylic acid groups (broad SMARTS) is 1. The Bertz CT molecular complexity index is 619. The molecule has 0 radical (unpaired) electrons. The standard InChI is InChI=1S/C10H7BrN2O4S/c1-4-7(10(15)16)9(18-13-4)12-8(14)5-2-3-6(11)17-5/h2-3H,1H3,(H,12,14)(H,15,16). The predicted octanol–water partition coefficient (Wildman–Crippen LogP) is 2.76. The van der Waals surface area contributed by atoms with Crippen molar-refractivity contribution in [3.8, 4) is 0 Å². The van der Waals surface area contributed by atoms with Gasteiger partial charge in [-0.2, -0.15) is 4.37 Å². The molecule has 0 aliphatic carbocycles. The van der Waals surface area contributed by atoms with Crippen LogP contribution < -0.4 is 5.32 Å². The van der Waals surface area contributed by atoms with E-state index in [-0.39, 0.29) is 16.3 Å². The van der Waals surface area contributed by atoms with E-state index in [1.54, 1.807) is 13.0 Å². The van der Waals surface area contributed by atoms with Gasteiger partial charge in [0.2, 0.25) is 0 Å². The molecule has 0 atom stereocenters. The van der Waals surface area contributed by atoms with Crippen molar-refractivity contribution in [3.63, 3.8) is 0 Å². The number of anilines is 1. The van der Waals surface area contributed by atoms with Gasteiger partial charge in [0.05, 0.1) is 5.69 Å². The Hall–Kier alpha value is -1.67. The number of furan rings is 1. The third kappa shape index (κ3) is 2.44. The first-order valence-corrected chi connectivity index (χ1v) is 6.32. The lowest BCUT2D eigenvalue weighted by molar-refractivity contribution is 0.0697. The number of carbonyl (C=O) groups excluding carboxylic acids is 1. The summed E-state index contributed by atoms with van der Waals surface area (Å²) >= 11 is 4.00. The van der Waals surface area contributed by atoms with Gasteiger partial charge in [0.1, 0.15) is 10.6 Å². The molecule has 0 aliphatic heterocycles. The number of aryl methyl sites for hydroxylation is 1. The molecule has 0 saturated carbocycles.